The molecule has 0 aromatic heterocycles. The number of carbonyl (C=O) groups is 1. The molecule has 0 amide bonds. The van der Waals surface area contributed by atoms with Crippen molar-refractivity contribution >= 4 is 5.97 Å². The van der Waals surface area contributed by atoms with Crippen LogP contribution in [0.2, 0.25) is 0 Å². The van der Waals surface area contributed by atoms with Crippen molar-refractivity contribution in [2.75, 3.05) is 7.11 Å². The highest BCUT2D eigenvalue weighted by Crippen LogP contribution is 2.68. The molecular formula is C24H34O3. The summed E-state index contributed by atoms with van der Waals surface area (Å²) in [7, 11) is 1.45. The molecule has 1 aromatic carbocycles. The Labute approximate surface area is 163 Å². The summed E-state index contributed by atoms with van der Waals surface area (Å²) in [5, 5.41) is 10.9. The summed E-state index contributed by atoms with van der Waals surface area (Å²) in [5.41, 5.74) is 4.09. The lowest BCUT2D eigenvalue weighted by atomic mass is 9.43. The topological polar surface area (TPSA) is 46.5 Å². The van der Waals surface area contributed by atoms with Crippen LogP contribution in [-0.2, 0) is 16.6 Å². The van der Waals surface area contributed by atoms with E-state index in [1.54, 1.807) is 0 Å². The van der Waals surface area contributed by atoms with Gasteiger partial charge in [-0.3, -0.25) is 0 Å². The molecule has 0 radical (unpaired) electrons. The van der Waals surface area contributed by atoms with Crippen LogP contribution in [0.4, 0.5) is 0 Å². The zero-order chi connectivity index (χ0) is 19.8. The largest absolute Gasteiger partial charge is 0.507 e. The number of ether oxygens (including phenoxy) is 1. The zero-order valence-electron chi connectivity index (χ0n) is 17.7. The maximum atomic E-state index is 12.6. The molecule has 3 nitrogen and oxygen atoms in total. The Hall–Kier alpha value is -1.51. The fourth-order valence-electron chi connectivity index (χ4n) is 7.61. The van der Waals surface area contributed by atoms with E-state index >= 15 is 0 Å². The van der Waals surface area contributed by atoms with Crippen molar-refractivity contribution in [1.29, 1.82) is 0 Å². The lowest BCUT2D eigenvalue weighted by Crippen LogP contribution is -2.55. The van der Waals surface area contributed by atoms with Crippen LogP contribution in [0.25, 0.3) is 0 Å². The first kappa shape index (κ1) is 18.8. The fraction of sp³-hybridized carbons (Fsp3) is 0.708. The molecule has 4 atom stereocenters. The predicted molar refractivity (Wildman–Crippen MR) is 107 cm³/mol. The predicted octanol–water partition coefficient (Wildman–Crippen LogP) is 5.54. The number of phenolic OH excluding ortho intramolecular Hbond substituents is 1. The van der Waals surface area contributed by atoms with Crippen molar-refractivity contribution in [2.45, 2.75) is 78.6 Å². The van der Waals surface area contributed by atoms with Crippen LogP contribution in [0.5, 0.6) is 5.75 Å². The number of methoxy groups -OCH3 is 1. The van der Waals surface area contributed by atoms with Crippen LogP contribution in [0, 0.1) is 29.6 Å². The molecule has 0 heterocycles. The third-order valence-electron chi connectivity index (χ3n) is 8.77. The number of hydrogen-bond donors (Lipinski definition) is 1. The molecule has 0 saturated heterocycles. The Morgan fingerprint density at radius 2 is 1.85 bits per heavy atom. The Morgan fingerprint density at radius 3 is 2.52 bits per heavy atom. The number of aromatic hydroxyl groups is 1. The Kier molecular flexibility index (Phi) is 4.01. The minimum atomic E-state index is -0.271. The quantitative estimate of drug-likeness (QED) is 0.660. The van der Waals surface area contributed by atoms with Gasteiger partial charge in [0.15, 0.2) is 0 Å². The van der Waals surface area contributed by atoms with Gasteiger partial charge < -0.3 is 9.84 Å². The Balaban J connectivity index is 1.90. The highest BCUT2D eigenvalue weighted by molar-refractivity contribution is 5.93. The molecule has 148 valence electrons. The maximum Gasteiger partial charge on any atom is 0.338 e. The van der Waals surface area contributed by atoms with E-state index in [0.29, 0.717) is 28.6 Å². The molecular weight excluding hydrogens is 336 g/mol. The van der Waals surface area contributed by atoms with Crippen molar-refractivity contribution in [3.63, 3.8) is 0 Å². The van der Waals surface area contributed by atoms with E-state index in [1.807, 2.05) is 13.0 Å². The summed E-state index contributed by atoms with van der Waals surface area (Å²) in [5.74, 6) is 1.29. The highest BCUT2D eigenvalue weighted by Gasteiger charge is 2.62. The summed E-state index contributed by atoms with van der Waals surface area (Å²) >= 11 is 0. The van der Waals surface area contributed by atoms with Gasteiger partial charge in [0.2, 0.25) is 0 Å². The molecule has 2 fully saturated rings. The van der Waals surface area contributed by atoms with Gasteiger partial charge in [-0.25, -0.2) is 4.79 Å². The van der Waals surface area contributed by atoms with Crippen LogP contribution in [0.3, 0.4) is 0 Å². The van der Waals surface area contributed by atoms with Gasteiger partial charge in [-0.15, -0.1) is 0 Å². The first-order chi connectivity index (χ1) is 12.6. The minimum Gasteiger partial charge on any atom is -0.507 e. The smallest absolute Gasteiger partial charge is 0.338 e. The lowest BCUT2D eigenvalue weighted by Gasteiger charge is -2.61. The van der Waals surface area contributed by atoms with Gasteiger partial charge in [-0.05, 0) is 89.9 Å². The molecule has 3 aliphatic rings. The molecule has 0 bridgehead atoms. The number of aryl methyl sites for hydroxylation is 1. The highest BCUT2D eigenvalue weighted by atomic mass is 16.5. The molecule has 0 aliphatic heterocycles. The third-order valence-corrected chi connectivity index (χ3v) is 8.77. The number of rotatable bonds is 1. The molecule has 1 N–H and O–H groups in total. The molecule has 0 spiro atoms. The number of fused-ring (bicyclic) bond motifs is 5. The van der Waals surface area contributed by atoms with E-state index in [9.17, 15) is 9.90 Å². The van der Waals surface area contributed by atoms with Crippen molar-refractivity contribution in [2.24, 2.45) is 22.7 Å². The third kappa shape index (κ3) is 2.36. The van der Waals surface area contributed by atoms with E-state index < -0.39 is 0 Å². The Morgan fingerprint density at radius 1 is 1.15 bits per heavy atom. The van der Waals surface area contributed by atoms with E-state index in [1.165, 1.54) is 32.8 Å². The SMILES string of the molecule is COC(=O)c1cc(C)c(O)c2c1[C@]1(C)CC[C@H]3C(C)(C)CCC[C@]3(C)[C@H]1C2. The number of benzene rings is 1. The van der Waals surface area contributed by atoms with Gasteiger partial charge in [0.1, 0.15) is 5.75 Å². The average Bonchev–Trinajstić information content (AvgIpc) is 2.91. The van der Waals surface area contributed by atoms with Gasteiger partial charge in [0.25, 0.3) is 0 Å². The molecule has 1 aromatic rings. The monoisotopic (exact) mass is 370 g/mol. The van der Waals surface area contributed by atoms with Gasteiger partial charge in [-0.1, -0.05) is 34.1 Å². The van der Waals surface area contributed by atoms with Gasteiger partial charge in [-0.2, -0.15) is 0 Å². The van der Waals surface area contributed by atoms with Crippen LogP contribution in [0.15, 0.2) is 6.07 Å². The Bertz CT molecular complexity index is 808. The summed E-state index contributed by atoms with van der Waals surface area (Å²) in [6.45, 7) is 11.6. The zero-order valence-corrected chi connectivity index (χ0v) is 17.7. The molecule has 27 heavy (non-hydrogen) atoms. The second-order valence-electron chi connectivity index (χ2n) is 10.5. The molecule has 4 rings (SSSR count). The van der Waals surface area contributed by atoms with E-state index in [0.717, 1.165) is 29.5 Å². The van der Waals surface area contributed by atoms with Crippen molar-refractivity contribution in [1.82, 2.24) is 0 Å². The van der Waals surface area contributed by atoms with Gasteiger partial charge in [0, 0.05) is 0 Å². The van der Waals surface area contributed by atoms with E-state index in [-0.39, 0.29) is 16.8 Å². The standard InChI is InChI=1S/C24H34O3/c1-14-12-16(21(26)27-6)19-15(20(14)25)13-18-23(4)10-7-9-22(2,3)17(23)8-11-24(18,19)5/h12,17-18,25H,7-11,13H2,1-6H3/t17-,18+,23-,24+/m0/s1. The fourth-order valence-corrected chi connectivity index (χ4v) is 7.61. The summed E-state index contributed by atoms with van der Waals surface area (Å²) in [6, 6.07) is 1.84. The second kappa shape index (κ2) is 5.75. The normalized spacial score (nSPS) is 36.5. The molecule has 2 saturated carbocycles. The summed E-state index contributed by atoms with van der Waals surface area (Å²) < 4.78 is 5.13. The van der Waals surface area contributed by atoms with Crippen molar-refractivity contribution < 1.29 is 14.6 Å². The average molecular weight is 371 g/mol. The molecule has 0 unspecified atom stereocenters. The number of carbonyl (C=O) groups excluding carboxylic acids is 1. The summed E-state index contributed by atoms with van der Waals surface area (Å²) in [6.07, 6.45) is 7.00. The second-order valence-corrected chi connectivity index (χ2v) is 10.5. The lowest BCUT2D eigenvalue weighted by molar-refractivity contribution is -0.0984. The van der Waals surface area contributed by atoms with Crippen LogP contribution < -0.4 is 0 Å². The molecule has 3 aliphatic carbocycles. The molecule has 3 heteroatoms. The number of phenols is 1. The van der Waals surface area contributed by atoms with Crippen molar-refractivity contribution in [3.8, 4) is 5.75 Å². The van der Waals surface area contributed by atoms with Gasteiger partial charge in [0.05, 0.1) is 12.7 Å². The van der Waals surface area contributed by atoms with E-state index in [2.05, 4.69) is 27.7 Å². The number of esters is 1. The minimum absolute atomic E-state index is 0.0668. The first-order valence-corrected chi connectivity index (χ1v) is 10.5. The van der Waals surface area contributed by atoms with E-state index in [4.69, 9.17) is 4.74 Å². The van der Waals surface area contributed by atoms with Gasteiger partial charge >= 0.3 is 5.97 Å². The number of hydrogen-bond acceptors (Lipinski definition) is 3. The van der Waals surface area contributed by atoms with Crippen LogP contribution in [0.1, 0.15) is 86.8 Å². The summed E-state index contributed by atoms with van der Waals surface area (Å²) in [4.78, 5) is 12.6. The maximum absolute atomic E-state index is 12.6. The van der Waals surface area contributed by atoms with Crippen molar-refractivity contribution in [3.05, 3.63) is 28.3 Å². The van der Waals surface area contributed by atoms with Crippen LogP contribution >= 0.6 is 0 Å². The first-order valence-electron chi connectivity index (χ1n) is 10.5. The van der Waals surface area contributed by atoms with Crippen LogP contribution in [-0.4, -0.2) is 18.2 Å².